The van der Waals surface area contributed by atoms with Gasteiger partial charge in [-0.1, -0.05) is 13.8 Å². The summed E-state index contributed by atoms with van der Waals surface area (Å²) in [4.78, 5) is 28.5. The Kier molecular flexibility index (Phi) is 4.86. The van der Waals surface area contributed by atoms with E-state index < -0.39 is 11.5 Å². The van der Waals surface area contributed by atoms with Gasteiger partial charge in [0.2, 0.25) is 6.79 Å². The van der Waals surface area contributed by atoms with Crippen molar-refractivity contribution in [3.8, 4) is 22.1 Å². The number of fused-ring (bicyclic) bond motifs is 1. The first-order valence-corrected chi connectivity index (χ1v) is 9.00. The van der Waals surface area contributed by atoms with Crippen molar-refractivity contribution in [3.63, 3.8) is 0 Å². The maximum Gasteiger partial charge on any atom is 0.305 e. The molecule has 0 bridgehead atoms. The lowest BCUT2D eigenvalue weighted by Gasteiger charge is -2.33. The van der Waals surface area contributed by atoms with Crippen LogP contribution in [0.5, 0.6) is 11.5 Å². The second-order valence-electron chi connectivity index (χ2n) is 6.69. The number of thiazole rings is 1. The van der Waals surface area contributed by atoms with E-state index in [1.54, 1.807) is 6.92 Å². The predicted molar refractivity (Wildman–Crippen MR) is 96.6 cm³/mol. The highest BCUT2D eigenvalue weighted by Crippen LogP contribution is 2.37. The number of benzene rings is 1. The molecule has 0 aliphatic carbocycles. The van der Waals surface area contributed by atoms with E-state index in [4.69, 9.17) is 14.6 Å². The summed E-state index contributed by atoms with van der Waals surface area (Å²) in [7, 11) is 0. The second kappa shape index (κ2) is 6.95. The van der Waals surface area contributed by atoms with Crippen molar-refractivity contribution in [3.05, 3.63) is 29.3 Å². The van der Waals surface area contributed by atoms with E-state index in [0.717, 1.165) is 5.56 Å². The Hall–Kier alpha value is -2.61. The van der Waals surface area contributed by atoms with Gasteiger partial charge in [-0.2, -0.15) is 0 Å². The van der Waals surface area contributed by atoms with Crippen LogP contribution in [0.4, 0.5) is 0 Å². The van der Waals surface area contributed by atoms with Crippen LogP contribution in [0, 0.1) is 5.92 Å². The highest BCUT2D eigenvalue weighted by Gasteiger charge is 2.33. The molecule has 0 saturated carbocycles. The van der Waals surface area contributed by atoms with Crippen LogP contribution in [0.2, 0.25) is 0 Å². The third-order valence-corrected chi connectivity index (χ3v) is 5.59. The number of aromatic nitrogens is 1. The molecule has 2 N–H and O–H groups in total. The number of aliphatic carboxylic acids is 1. The number of nitrogens with one attached hydrogen (secondary N) is 1. The van der Waals surface area contributed by atoms with E-state index >= 15 is 0 Å². The quantitative estimate of drug-likeness (QED) is 0.804. The molecule has 2 heterocycles. The Morgan fingerprint density at radius 2 is 2.08 bits per heavy atom. The minimum Gasteiger partial charge on any atom is -0.481 e. The minimum absolute atomic E-state index is 0.0381. The fraction of sp³-hybridized carbons (Fsp3) is 0.389. The van der Waals surface area contributed by atoms with E-state index in [9.17, 15) is 9.59 Å². The SMILES string of the molecule is CC(C)C(C)(CC(=O)O)NC(=O)c1cnc(-c2ccc3c(c2)OCO3)s1. The fourth-order valence-electron chi connectivity index (χ4n) is 2.57. The Bertz CT molecular complexity index is 848. The van der Waals surface area contributed by atoms with Gasteiger partial charge < -0.3 is 19.9 Å². The number of carbonyl (C=O) groups excluding carboxylic acids is 1. The standard InChI is InChI=1S/C18H20N2O5S/c1-10(2)18(3,7-15(21)22)20-16(23)14-8-19-17(26-14)11-4-5-12-13(6-11)25-9-24-12/h4-6,8,10H,7,9H2,1-3H3,(H,20,23)(H,21,22). The van der Waals surface area contributed by atoms with Crippen LogP contribution >= 0.6 is 11.3 Å². The molecule has 7 nitrogen and oxygen atoms in total. The van der Waals surface area contributed by atoms with Crippen LogP contribution in [0.25, 0.3) is 10.6 Å². The molecule has 1 aromatic heterocycles. The summed E-state index contributed by atoms with van der Waals surface area (Å²) in [5, 5.41) is 12.7. The minimum atomic E-state index is -0.952. The molecule has 1 aromatic carbocycles. The first-order chi connectivity index (χ1) is 12.3. The number of carbonyl (C=O) groups is 2. The molecule has 0 spiro atoms. The zero-order valence-corrected chi connectivity index (χ0v) is 15.6. The van der Waals surface area contributed by atoms with Gasteiger partial charge >= 0.3 is 5.97 Å². The second-order valence-corrected chi connectivity index (χ2v) is 7.73. The molecule has 1 atom stereocenters. The monoisotopic (exact) mass is 376 g/mol. The van der Waals surface area contributed by atoms with Crippen molar-refractivity contribution < 1.29 is 24.2 Å². The molecule has 3 rings (SSSR count). The Balaban J connectivity index is 1.78. The van der Waals surface area contributed by atoms with Crippen LogP contribution in [0.1, 0.15) is 36.9 Å². The Morgan fingerprint density at radius 1 is 1.35 bits per heavy atom. The highest BCUT2D eigenvalue weighted by molar-refractivity contribution is 7.16. The molecule has 8 heteroatoms. The summed E-state index contributed by atoms with van der Waals surface area (Å²) < 4.78 is 10.7. The zero-order valence-electron chi connectivity index (χ0n) is 14.7. The number of hydrogen-bond donors (Lipinski definition) is 2. The van der Waals surface area contributed by atoms with Crippen molar-refractivity contribution >= 4 is 23.2 Å². The Morgan fingerprint density at radius 3 is 2.77 bits per heavy atom. The van der Waals surface area contributed by atoms with Gasteiger partial charge in [-0.05, 0) is 31.0 Å². The Labute approximate surface area is 155 Å². The normalized spacial score (nSPS) is 14.9. The third-order valence-electron chi connectivity index (χ3n) is 4.54. The number of carboxylic acids is 1. The number of hydrogen-bond acceptors (Lipinski definition) is 6. The number of nitrogens with zero attached hydrogens (tertiary/aromatic N) is 1. The van der Waals surface area contributed by atoms with Gasteiger partial charge in [0.1, 0.15) is 9.88 Å². The van der Waals surface area contributed by atoms with E-state index in [1.807, 2.05) is 32.0 Å². The third kappa shape index (κ3) is 3.65. The molecule has 138 valence electrons. The van der Waals surface area contributed by atoms with Crippen LogP contribution in [0.15, 0.2) is 24.4 Å². The molecule has 26 heavy (non-hydrogen) atoms. The molecule has 0 saturated heterocycles. The van der Waals surface area contributed by atoms with Crippen molar-refractivity contribution in [2.24, 2.45) is 5.92 Å². The van der Waals surface area contributed by atoms with Crippen LogP contribution in [-0.2, 0) is 4.79 Å². The van der Waals surface area contributed by atoms with Gasteiger partial charge in [0.15, 0.2) is 11.5 Å². The summed E-state index contributed by atoms with van der Waals surface area (Å²) in [5.74, 6) is 0.0183. The maximum atomic E-state index is 12.6. The average molecular weight is 376 g/mol. The lowest BCUT2D eigenvalue weighted by molar-refractivity contribution is -0.138. The van der Waals surface area contributed by atoms with Gasteiger partial charge in [0.05, 0.1) is 18.2 Å². The molecular weight excluding hydrogens is 356 g/mol. The number of ether oxygens (including phenoxy) is 2. The average Bonchev–Trinajstić information content (AvgIpc) is 3.22. The lowest BCUT2D eigenvalue weighted by atomic mass is 9.85. The summed E-state index contributed by atoms with van der Waals surface area (Å²) in [6.45, 7) is 5.70. The predicted octanol–water partition coefficient (Wildman–Crippen LogP) is 3.16. The van der Waals surface area contributed by atoms with E-state index in [-0.39, 0.29) is 25.0 Å². The topological polar surface area (TPSA) is 97.8 Å². The molecule has 1 amide bonds. The van der Waals surface area contributed by atoms with E-state index in [2.05, 4.69) is 10.3 Å². The zero-order chi connectivity index (χ0) is 18.9. The number of amides is 1. The fourth-order valence-corrected chi connectivity index (χ4v) is 3.38. The molecule has 0 fully saturated rings. The van der Waals surface area contributed by atoms with E-state index in [0.29, 0.717) is 21.4 Å². The van der Waals surface area contributed by atoms with Crippen molar-refractivity contribution in [1.29, 1.82) is 0 Å². The summed E-state index contributed by atoms with van der Waals surface area (Å²) in [6.07, 6.45) is 1.35. The summed E-state index contributed by atoms with van der Waals surface area (Å²) in [6, 6.07) is 5.49. The van der Waals surface area contributed by atoms with Crippen molar-refractivity contribution in [1.82, 2.24) is 10.3 Å². The lowest BCUT2D eigenvalue weighted by Crippen LogP contribution is -2.51. The van der Waals surface area contributed by atoms with Crippen molar-refractivity contribution in [2.45, 2.75) is 32.7 Å². The van der Waals surface area contributed by atoms with E-state index in [1.165, 1.54) is 17.5 Å². The van der Waals surface area contributed by atoms with Crippen LogP contribution in [0.3, 0.4) is 0 Å². The maximum absolute atomic E-state index is 12.6. The number of carboxylic acid groups (broad SMARTS) is 1. The van der Waals surface area contributed by atoms with Gasteiger partial charge in [0.25, 0.3) is 5.91 Å². The summed E-state index contributed by atoms with van der Waals surface area (Å²) in [5.41, 5.74) is -0.0123. The molecular formula is C18H20N2O5S. The molecule has 1 aliphatic rings. The van der Waals surface area contributed by atoms with Crippen molar-refractivity contribution in [2.75, 3.05) is 6.79 Å². The molecule has 0 radical (unpaired) electrons. The highest BCUT2D eigenvalue weighted by atomic mass is 32.1. The van der Waals surface area contributed by atoms with Gasteiger partial charge in [-0.3, -0.25) is 9.59 Å². The molecule has 2 aromatic rings. The van der Waals surface area contributed by atoms with Crippen LogP contribution < -0.4 is 14.8 Å². The molecule has 1 unspecified atom stereocenters. The van der Waals surface area contributed by atoms with Gasteiger partial charge in [-0.15, -0.1) is 11.3 Å². The largest absolute Gasteiger partial charge is 0.481 e. The van der Waals surface area contributed by atoms with Gasteiger partial charge in [0, 0.05) is 5.56 Å². The first kappa shape index (κ1) is 18.2. The van der Waals surface area contributed by atoms with Gasteiger partial charge in [-0.25, -0.2) is 4.98 Å². The first-order valence-electron chi connectivity index (χ1n) is 8.18. The molecule has 1 aliphatic heterocycles. The van der Waals surface area contributed by atoms with Crippen LogP contribution in [-0.4, -0.2) is 34.3 Å². The summed E-state index contributed by atoms with van der Waals surface area (Å²) >= 11 is 1.24. The smallest absolute Gasteiger partial charge is 0.305 e. The number of rotatable bonds is 6.